The number of hydrogen-bond donors (Lipinski definition) is 0. The minimum absolute atomic E-state index is 0.0277. The average Bonchev–Trinajstić information content (AvgIpc) is 2.40. The lowest BCUT2D eigenvalue weighted by Crippen LogP contribution is -2.12. The van der Waals surface area contributed by atoms with Crippen LogP contribution in [0.1, 0.15) is 15.9 Å². The second-order valence-corrected chi connectivity index (χ2v) is 5.87. The summed E-state index contributed by atoms with van der Waals surface area (Å²) in [7, 11) is 0. The number of halogens is 2. The first-order valence-corrected chi connectivity index (χ1v) is 7.33. The van der Waals surface area contributed by atoms with Crippen LogP contribution >= 0.6 is 31.9 Å². The van der Waals surface area contributed by atoms with Gasteiger partial charge in [0.1, 0.15) is 5.75 Å². The van der Waals surface area contributed by atoms with Crippen LogP contribution in [0.3, 0.4) is 0 Å². The fourth-order valence-electron chi connectivity index (χ4n) is 1.64. The minimum Gasteiger partial charge on any atom is -0.485 e. The molecule has 0 N–H and O–H groups in total. The zero-order valence-electron chi connectivity index (χ0n) is 10.3. The van der Waals surface area contributed by atoms with Crippen LogP contribution in [0.5, 0.6) is 5.75 Å². The van der Waals surface area contributed by atoms with E-state index in [4.69, 9.17) is 4.74 Å². The zero-order valence-corrected chi connectivity index (χ0v) is 13.5. The number of benzene rings is 2. The Balaban J connectivity index is 2.09. The third-order valence-electron chi connectivity index (χ3n) is 2.68. The van der Waals surface area contributed by atoms with Gasteiger partial charge >= 0.3 is 0 Å². The second-order valence-electron chi connectivity index (χ2n) is 4.10. The molecule has 0 aromatic heterocycles. The molecule has 2 aromatic rings. The van der Waals surface area contributed by atoms with Gasteiger partial charge in [-0.2, -0.15) is 0 Å². The van der Waals surface area contributed by atoms with E-state index >= 15 is 0 Å². The van der Waals surface area contributed by atoms with Crippen LogP contribution in [0.2, 0.25) is 0 Å². The average molecular weight is 384 g/mol. The third kappa shape index (κ3) is 3.67. The normalized spacial score (nSPS) is 10.3. The summed E-state index contributed by atoms with van der Waals surface area (Å²) >= 11 is 6.75. The number of ketones is 1. The van der Waals surface area contributed by atoms with Crippen LogP contribution < -0.4 is 4.74 Å². The molecule has 0 atom stereocenters. The largest absolute Gasteiger partial charge is 0.485 e. The Morgan fingerprint density at radius 3 is 2.63 bits per heavy atom. The molecule has 2 rings (SSSR count). The lowest BCUT2D eigenvalue weighted by atomic mass is 10.1. The first kappa shape index (κ1) is 14.3. The van der Waals surface area contributed by atoms with Gasteiger partial charge in [0.05, 0.1) is 0 Å². The summed E-state index contributed by atoms with van der Waals surface area (Å²) in [5, 5.41) is 0. The van der Waals surface area contributed by atoms with Gasteiger partial charge in [-0.05, 0) is 30.7 Å². The molecule has 0 spiro atoms. The summed E-state index contributed by atoms with van der Waals surface area (Å²) in [6, 6.07) is 13.1. The maximum Gasteiger partial charge on any atom is 0.201 e. The highest BCUT2D eigenvalue weighted by molar-refractivity contribution is 9.10. The lowest BCUT2D eigenvalue weighted by molar-refractivity contribution is 0.0920. The fraction of sp³-hybridized carbons (Fsp3) is 0.133. The molecule has 0 saturated heterocycles. The van der Waals surface area contributed by atoms with E-state index in [-0.39, 0.29) is 12.4 Å². The summed E-state index contributed by atoms with van der Waals surface area (Å²) in [4.78, 5) is 12.1. The van der Waals surface area contributed by atoms with Crippen LogP contribution in [-0.4, -0.2) is 12.4 Å². The smallest absolute Gasteiger partial charge is 0.201 e. The molecule has 0 aliphatic carbocycles. The Hall–Kier alpha value is -1.13. The highest BCUT2D eigenvalue weighted by Gasteiger charge is 2.11. The molecule has 0 radical (unpaired) electrons. The summed E-state index contributed by atoms with van der Waals surface area (Å²) < 4.78 is 7.31. The molecule has 19 heavy (non-hydrogen) atoms. The molecule has 98 valence electrons. The molecular weight excluding hydrogens is 372 g/mol. The van der Waals surface area contributed by atoms with Crippen molar-refractivity contribution in [1.82, 2.24) is 0 Å². The van der Waals surface area contributed by atoms with E-state index in [0.717, 1.165) is 20.3 Å². The molecule has 2 nitrogen and oxygen atoms in total. The Morgan fingerprint density at radius 2 is 1.89 bits per heavy atom. The quantitative estimate of drug-likeness (QED) is 0.710. The molecule has 0 unspecified atom stereocenters. The van der Waals surface area contributed by atoms with Crippen molar-refractivity contribution in [1.29, 1.82) is 0 Å². The van der Waals surface area contributed by atoms with Gasteiger partial charge in [-0.25, -0.2) is 0 Å². The molecule has 0 aliphatic heterocycles. The fourth-order valence-corrected chi connectivity index (χ4v) is 2.48. The maximum absolute atomic E-state index is 12.1. The molecule has 0 saturated carbocycles. The second kappa shape index (κ2) is 6.35. The standard InChI is InChI=1S/C15H12Br2O2/c1-10-6-7-11(16)8-15(10)19-9-14(18)12-4-2-3-5-13(12)17/h2-8H,9H2,1H3. The number of hydrogen-bond acceptors (Lipinski definition) is 2. The van der Waals surface area contributed by atoms with E-state index in [1.807, 2.05) is 43.3 Å². The SMILES string of the molecule is Cc1ccc(Br)cc1OCC(=O)c1ccccc1Br. The molecule has 4 heteroatoms. The molecule has 0 bridgehead atoms. The van der Waals surface area contributed by atoms with E-state index in [1.165, 1.54) is 0 Å². The summed E-state index contributed by atoms with van der Waals surface area (Å²) in [6.07, 6.45) is 0. The molecule has 0 heterocycles. The number of carbonyl (C=O) groups is 1. The highest BCUT2D eigenvalue weighted by atomic mass is 79.9. The summed E-state index contributed by atoms with van der Waals surface area (Å²) in [5.74, 6) is 0.668. The van der Waals surface area contributed by atoms with Crippen molar-refractivity contribution in [2.45, 2.75) is 6.92 Å². The van der Waals surface area contributed by atoms with E-state index in [0.29, 0.717) is 5.56 Å². The highest BCUT2D eigenvalue weighted by Crippen LogP contribution is 2.23. The summed E-state index contributed by atoms with van der Waals surface area (Å²) in [5.41, 5.74) is 1.64. The minimum atomic E-state index is -0.0492. The van der Waals surface area contributed by atoms with E-state index in [9.17, 15) is 4.79 Å². The number of carbonyl (C=O) groups excluding carboxylic acids is 1. The first-order valence-electron chi connectivity index (χ1n) is 5.74. The molecule has 0 fully saturated rings. The topological polar surface area (TPSA) is 26.3 Å². The number of ether oxygens (including phenoxy) is 1. The summed E-state index contributed by atoms with van der Waals surface area (Å²) in [6.45, 7) is 1.98. The molecule has 0 amide bonds. The zero-order chi connectivity index (χ0) is 13.8. The predicted octanol–water partition coefficient (Wildman–Crippen LogP) is 4.78. The predicted molar refractivity (Wildman–Crippen MR) is 82.8 cm³/mol. The molecule has 0 aliphatic rings. The van der Waals surface area contributed by atoms with Gasteiger partial charge in [-0.15, -0.1) is 0 Å². The van der Waals surface area contributed by atoms with Crippen molar-refractivity contribution in [2.75, 3.05) is 6.61 Å². The lowest BCUT2D eigenvalue weighted by Gasteiger charge is -2.09. The van der Waals surface area contributed by atoms with Crippen molar-refractivity contribution >= 4 is 37.6 Å². The van der Waals surface area contributed by atoms with Crippen LogP contribution in [0.25, 0.3) is 0 Å². The van der Waals surface area contributed by atoms with E-state index in [2.05, 4.69) is 31.9 Å². The van der Waals surface area contributed by atoms with Crippen LogP contribution in [0, 0.1) is 6.92 Å². The van der Waals surface area contributed by atoms with Gasteiger partial charge in [0.25, 0.3) is 0 Å². The Bertz CT molecular complexity index is 609. The van der Waals surface area contributed by atoms with Crippen molar-refractivity contribution in [2.24, 2.45) is 0 Å². The Morgan fingerprint density at radius 1 is 1.16 bits per heavy atom. The first-order chi connectivity index (χ1) is 9.08. The van der Waals surface area contributed by atoms with E-state index < -0.39 is 0 Å². The Kier molecular flexibility index (Phi) is 4.77. The number of Topliss-reactive ketones (excluding diaryl/α,β-unsaturated/α-hetero) is 1. The van der Waals surface area contributed by atoms with Gasteiger partial charge in [0, 0.05) is 14.5 Å². The van der Waals surface area contributed by atoms with Gasteiger partial charge in [-0.3, -0.25) is 4.79 Å². The van der Waals surface area contributed by atoms with Crippen molar-refractivity contribution in [3.63, 3.8) is 0 Å². The van der Waals surface area contributed by atoms with Crippen molar-refractivity contribution < 1.29 is 9.53 Å². The maximum atomic E-state index is 12.1. The number of aryl methyl sites for hydroxylation is 1. The van der Waals surface area contributed by atoms with Gasteiger partial charge in [-0.1, -0.05) is 56.1 Å². The van der Waals surface area contributed by atoms with E-state index in [1.54, 1.807) is 6.07 Å². The molecular formula is C15H12Br2O2. The van der Waals surface area contributed by atoms with Crippen LogP contribution in [-0.2, 0) is 0 Å². The monoisotopic (exact) mass is 382 g/mol. The van der Waals surface area contributed by atoms with Gasteiger partial charge in [0.2, 0.25) is 5.78 Å². The number of rotatable bonds is 4. The van der Waals surface area contributed by atoms with Gasteiger partial charge < -0.3 is 4.74 Å². The van der Waals surface area contributed by atoms with Gasteiger partial charge in [0.15, 0.2) is 6.61 Å². The van der Waals surface area contributed by atoms with Crippen LogP contribution in [0.4, 0.5) is 0 Å². The molecule has 2 aromatic carbocycles. The van der Waals surface area contributed by atoms with Crippen molar-refractivity contribution in [3.8, 4) is 5.75 Å². The third-order valence-corrected chi connectivity index (χ3v) is 3.87. The Labute approximate surface area is 129 Å². The van der Waals surface area contributed by atoms with Crippen molar-refractivity contribution in [3.05, 3.63) is 62.5 Å². The van der Waals surface area contributed by atoms with Crippen LogP contribution in [0.15, 0.2) is 51.4 Å².